The highest BCUT2D eigenvalue weighted by Gasteiger charge is 2.19. The summed E-state index contributed by atoms with van der Waals surface area (Å²) in [5.74, 6) is 0.801. The van der Waals surface area contributed by atoms with Gasteiger partial charge in [0.05, 0.1) is 5.84 Å². The lowest BCUT2D eigenvalue weighted by Crippen LogP contribution is -2.23. The van der Waals surface area contributed by atoms with Gasteiger partial charge in [0.2, 0.25) is 0 Å². The zero-order valence-corrected chi connectivity index (χ0v) is 79.5. The van der Waals surface area contributed by atoms with Crippen molar-refractivity contribution in [3.8, 4) is 66.8 Å². The highest BCUT2D eigenvalue weighted by Crippen LogP contribution is 2.44. The second-order valence-electron chi connectivity index (χ2n) is 35.0. The molecule has 134 heavy (non-hydrogen) atoms. The number of pyridine rings is 1. The number of aliphatic imine (C=N–C) groups is 2. The minimum atomic E-state index is 0.152. The number of nitrogens with zero attached hydrogens (tertiary/aromatic N) is 4. The van der Waals surface area contributed by atoms with E-state index >= 15 is 0 Å². The molecule has 0 spiro atoms. The number of aryl methyl sites for hydroxylation is 5. The summed E-state index contributed by atoms with van der Waals surface area (Å²) in [6.07, 6.45) is 18.7. The van der Waals surface area contributed by atoms with Gasteiger partial charge >= 0.3 is 0 Å². The highest BCUT2D eigenvalue weighted by atomic mass is 32.1. The maximum Gasteiger partial charge on any atom is 0.185 e. The molecule has 15 nitrogen and oxygen atoms in total. The largest absolute Gasteiger partial charge is 0.388 e. The fourth-order valence-corrected chi connectivity index (χ4v) is 21.8. The Labute approximate surface area is 799 Å². The van der Waals surface area contributed by atoms with E-state index < -0.39 is 0 Å². The Balaban J connectivity index is 0.000000126. The summed E-state index contributed by atoms with van der Waals surface area (Å²) < 4.78 is 10.4. The summed E-state index contributed by atoms with van der Waals surface area (Å²) in [4.78, 5) is 12.9. The SMILES string of the molecule is C1=C(c2ccc3sc4ccc(C5=CCNCC5)cc4c3c2)CCNC1.CC(N)=NCCCc1cccc(-c2ccc3sc4ccc(-c5cccc(CCCN=C(N)N)c5)cc4c3c2)c1.CCn1c2ccc(-c3cccc(CCCN)c3)cc2c2cc(-c3cccc(CCCN)c3)ccc21.NCCNCc1cccc(-c2ccc3sc4ccc(-c5cncc(CNCCN)c5)cc4c3c2)c1. The van der Waals surface area contributed by atoms with Crippen molar-refractivity contribution in [2.75, 3.05) is 78.5 Å². The zero-order chi connectivity index (χ0) is 92.1. The normalized spacial score (nSPS) is 12.9. The molecule has 5 aromatic heterocycles. The van der Waals surface area contributed by atoms with Crippen LogP contribution in [0.5, 0.6) is 0 Å². The number of nitrogens with two attached hydrogens (primary N) is 7. The zero-order valence-electron chi connectivity index (χ0n) is 77.0. The molecule has 0 saturated heterocycles. The second-order valence-corrected chi connectivity index (χ2v) is 38.2. The molecule has 0 amide bonds. The molecule has 7 heterocycles. The molecule has 0 unspecified atom stereocenters. The van der Waals surface area contributed by atoms with Crippen molar-refractivity contribution in [1.82, 2.24) is 30.8 Å². The van der Waals surface area contributed by atoms with Crippen molar-refractivity contribution in [1.29, 1.82) is 0 Å². The number of thiophene rings is 3. The maximum atomic E-state index is 5.73. The number of aromatic nitrogens is 2. The molecule has 20 rings (SSSR count). The van der Waals surface area contributed by atoms with Gasteiger partial charge in [-0.2, -0.15) is 0 Å². The van der Waals surface area contributed by atoms with Crippen LogP contribution in [0.4, 0.5) is 0 Å². The van der Waals surface area contributed by atoms with Gasteiger partial charge in [-0.3, -0.25) is 15.0 Å². The number of hydrogen-bond donors (Lipinski definition) is 11. The van der Waals surface area contributed by atoms with Crippen molar-refractivity contribution >= 4 is 139 Å². The second kappa shape index (κ2) is 45.4. The van der Waals surface area contributed by atoms with Crippen molar-refractivity contribution in [2.45, 2.75) is 97.7 Å². The summed E-state index contributed by atoms with van der Waals surface area (Å²) in [5.41, 5.74) is 70.1. The predicted octanol–water partition coefficient (Wildman–Crippen LogP) is 23.5. The maximum absolute atomic E-state index is 5.73. The van der Waals surface area contributed by atoms with E-state index in [4.69, 9.17) is 40.1 Å². The molecule has 0 saturated carbocycles. The van der Waals surface area contributed by atoms with Crippen molar-refractivity contribution in [2.24, 2.45) is 50.1 Å². The third-order valence-electron chi connectivity index (χ3n) is 25.4. The van der Waals surface area contributed by atoms with E-state index in [0.717, 1.165) is 154 Å². The van der Waals surface area contributed by atoms with E-state index in [-0.39, 0.29) is 5.96 Å². The quantitative estimate of drug-likeness (QED) is 0.0110. The Bertz CT molecular complexity index is 6860. The van der Waals surface area contributed by atoms with Gasteiger partial charge in [0.25, 0.3) is 0 Å². The van der Waals surface area contributed by atoms with Gasteiger partial charge in [-0.25, -0.2) is 0 Å². The van der Waals surface area contributed by atoms with Gasteiger partial charge in [-0.15, -0.1) is 34.0 Å². The Morgan fingerprint density at radius 2 is 0.664 bits per heavy atom. The number of hydrogen-bond acceptors (Lipinski definition) is 14. The number of benzene rings is 13. The van der Waals surface area contributed by atoms with Gasteiger partial charge in [0.15, 0.2) is 5.96 Å². The molecule has 0 bridgehead atoms. The minimum Gasteiger partial charge on any atom is -0.388 e. The number of rotatable bonds is 31. The summed E-state index contributed by atoms with van der Waals surface area (Å²) in [6, 6.07) is 101. The molecule has 18 aromatic rings. The van der Waals surface area contributed by atoms with Crippen LogP contribution in [-0.4, -0.2) is 99.9 Å². The van der Waals surface area contributed by atoms with E-state index in [1.807, 2.05) is 53.3 Å². The standard InChI is InChI=1S/C33H35N5S.C32H35N3.C29H31N5S.C22H22N2S/c1-22(34)37-16-4-8-23-6-2-10-25(18-23)27-12-14-31-29(20-27)30-21-28(13-15-32(30)39-31)26-11-3-7-24(19-26)9-5-17-38-33(35)36;1-2-35-31-15-13-27(25-11-3-7-23(19-25)9-5-17-33)21-29(31)30-22-28(14-16-32(30)35)26-12-4-8-24(20-26)10-6-18-34;30-8-10-32-16-20-2-1-3-22(12-20)23-4-6-28-26(14-23)27-15-24(5-7-29(27)35-28)25-13-21(18-34-19-25)17-33-11-9-31;1-3-21-19(13-17(1)15-5-9-23-10-6-15)20-14-18(2-4-22(20)25-21)16-7-11-24-12-8-16/h2-3,6-7,10-15,18-21H,4-5,8-9,16-17H2,1H3,(H2,34,37)(H4,35,36,38);3-4,7-8,11-16,19-22H,2,5-6,9-10,17-18,33-34H2,1H3;1-7,12-15,18-19,32-33H,8-11,16-17,30-31H2;1-5,7,13-14,23-24H,6,8-12H2. The number of nitrogens with one attached hydrogen (secondary N) is 4. The van der Waals surface area contributed by atoms with Crippen LogP contribution < -0.4 is 61.4 Å². The highest BCUT2D eigenvalue weighted by molar-refractivity contribution is 7.26. The monoisotopic (exact) mass is 1820 g/mol. The fraction of sp³-hybridized carbons (Fsp3) is 0.233. The smallest absolute Gasteiger partial charge is 0.185 e. The van der Waals surface area contributed by atoms with E-state index in [0.29, 0.717) is 25.5 Å². The van der Waals surface area contributed by atoms with Crippen LogP contribution in [0.25, 0.3) is 160 Å². The Morgan fingerprint density at radius 1 is 0.343 bits per heavy atom. The molecule has 0 radical (unpaired) electrons. The first-order chi connectivity index (χ1) is 65.8. The van der Waals surface area contributed by atoms with Gasteiger partial charge < -0.3 is 66.0 Å². The first kappa shape index (κ1) is 93.2. The van der Waals surface area contributed by atoms with Crippen LogP contribution in [0.15, 0.2) is 308 Å². The number of amidine groups is 1. The summed E-state index contributed by atoms with van der Waals surface area (Å²) >= 11 is 5.60. The van der Waals surface area contributed by atoms with Gasteiger partial charge in [-0.05, 0) is 330 Å². The van der Waals surface area contributed by atoms with Gasteiger partial charge in [0.1, 0.15) is 0 Å². The molecule has 13 aromatic carbocycles. The van der Waals surface area contributed by atoms with Gasteiger partial charge in [0, 0.05) is 172 Å². The first-order valence-corrected chi connectivity index (χ1v) is 50.0. The number of guanidine groups is 1. The lowest BCUT2D eigenvalue weighted by Gasteiger charge is -2.15. The molecular formula is C116H123N15S3. The van der Waals surface area contributed by atoms with Crippen LogP contribution in [0.1, 0.15) is 96.9 Å². The fourth-order valence-electron chi connectivity index (χ4n) is 18.6. The summed E-state index contributed by atoms with van der Waals surface area (Å²) in [6.45, 7) is 16.5. The van der Waals surface area contributed by atoms with Crippen LogP contribution in [0.2, 0.25) is 0 Å². The Kier molecular flexibility index (Phi) is 31.6. The molecular weight excluding hydrogens is 1700 g/mol. The summed E-state index contributed by atoms with van der Waals surface area (Å²) in [5, 5.41) is 24.2. The van der Waals surface area contributed by atoms with E-state index in [2.05, 4.69) is 333 Å². The molecule has 0 atom stereocenters. The molecule has 0 aliphatic carbocycles. The van der Waals surface area contributed by atoms with Crippen LogP contribution in [0, 0.1) is 0 Å². The lowest BCUT2D eigenvalue weighted by atomic mass is 9.96. The molecule has 680 valence electrons. The molecule has 2 aliphatic heterocycles. The third kappa shape index (κ3) is 23.1. The van der Waals surface area contributed by atoms with E-state index in [1.54, 1.807) is 0 Å². The van der Waals surface area contributed by atoms with Crippen molar-refractivity contribution in [3.05, 3.63) is 342 Å². The Morgan fingerprint density at radius 3 is 1.02 bits per heavy atom. The van der Waals surface area contributed by atoms with Crippen LogP contribution in [0.3, 0.4) is 0 Å². The average molecular weight is 1820 g/mol. The average Bonchev–Trinajstić information content (AvgIpc) is 1.39. The molecule has 0 fully saturated rings. The van der Waals surface area contributed by atoms with Gasteiger partial charge in [-0.1, -0.05) is 176 Å². The molecule has 18 N–H and O–H groups in total. The van der Waals surface area contributed by atoms with Crippen LogP contribution >= 0.6 is 34.0 Å². The lowest BCUT2D eigenvalue weighted by molar-refractivity contribution is 0.693. The number of fused-ring (bicyclic) bond motifs is 12. The Hall–Kier alpha value is -12.6. The van der Waals surface area contributed by atoms with E-state index in [9.17, 15) is 0 Å². The summed E-state index contributed by atoms with van der Waals surface area (Å²) in [7, 11) is 0. The molecule has 18 heteroatoms. The topological polar surface area (TPSA) is 273 Å². The van der Waals surface area contributed by atoms with Crippen molar-refractivity contribution < 1.29 is 0 Å². The first-order valence-electron chi connectivity index (χ1n) is 47.5. The molecule has 2 aliphatic rings. The van der Waals surface area contributed by atoms with Crippen LogP contribution in [-0.2, 0) is 45.3 Å². The minimum absolute atomic E-state index is 0.152. The predicted molar refractivity (Wildman–Crippen MR) is 580 cm³/mol. The van der Waals surface area contributed by atoms with E-state index in [1.165, 1.54) is 194 Å². The van der Waals surface area contributed by atoms with Crippen molar-refractivity contribution in [3.63, 3.8) is 0 Å². The third-order valence-corrected chi connectivity index (χ3v) is 28.9.